The van der Waals surface area contributed by atoms with Crippen molar-refractivity contribution in [2.24, 2.45) is 4.99 Å². The molecule has 9 nitrogen and oxygen atoms in total. The number of halogens is 2. The van der Waals surface area contributed by atoms with Crippen LogP contribution in [0.25, 0.3) is 22.4 Å². The van der Waals surface area contributed by atoms with Crippen molar-refractivity contribution in [3.8, 4) is 16.8 Å². The first kappa shape index (κ1) is 24.3. The normalized spacial score (nSPS) is 16.6. The van der Waals surface area contributed by atoms with Crippen LogP contribution in [-0.2, 0) is 17.6 Å². The quantitative estimate of drug-likeness (QED) is 0.350. The van der Waals surface area contributed by atoms with Gasteiger partial charge in [0.15, 0.2) is 0 Å². The molecule has 0 saturated carbocycles. The van der Waals surface area contributed by atoms with Gasteiger partial charge in [0.25, 0.3) is 5.56 Å². The minimum atomic E-state index is -0.878. The van der Waals surface area contributed by atoms with E-state index in [-0.39, 0.29) is 18.0 Å². The van der Waals surface area contributed by atoms with Crippen molar-refractivity contribution in [2.45, 2.75) is 31.7 Å². The lowest BCUT2D eigenvalue weighted by Crippen LogP contribution is -2.27. The van der Waals surface area contributed by atoms with E-state index in [0.717, 1.165) is 40.1 Å². The number of aryl methyl sites for hydroxylation is 1. The van der Waals surface area contributed by atoms with Crippen LogP contribution in [0.2, 0.25) is 5.02 Å². The molecule has 38 heavy (non-hydrogen) atoms. The van der Waals surface area contributed by atoms with Crippen molar-refractivity contribution in [1.29, 1.82) is 0 Å². The molecular weight excluding hydrogens is 527 g/mol. The Balaban J connectivity index is 1.29. The van der Waals surface area contributed by atoms with Gasteiger partial charge in [0.1, 0.15) is 11.5 Å². The number of hydrogen-bond donors (Lipinski definition) is 1. The molecular formula is C27H20Cl2N6O3. The number of allylic oxidation sites excluding steroid dienone is 1. The third-order valence-corrected chi connectivity index (χ3v) is 7.44. The molecule has 2 aliphatic heterocycles. The van der Waals surface area contributed by atoms with E-state index in [1.807, 2.05) is 24.3 Å². The highest BCUT2D eigenvalue weighted by Gasteiger charge is 2.32. The minimum Gasteiger partial charge on any atom is -0.481 e. The van der Waals surface area contributed by atoms with Crippen LogP contribution in [0.15, 0.2) is 75.9 Å². The zero-order valence-corrected chi connectivity index (χ0v) is 21.4. The maximum absolute atomic E-state index is 13.4. The molecule has 4 aromatic rings. The maximum atomic E-state index is 13.4. The van der Waals surface area contributed by atoms with Gasteiger partial charge in [0.2, 0.25) is 0 Å². The molecule has 0 amide bonds. The first-order valence-corrected chi connectivity index (χ1v) is 12.7. The third-order valence-electron chi connectivity index (χ3n) is 6.89. The van der Waals surface area contributed by atoms with Gasteiger partial charge in [-0.1, -0.05) is 47.5 Å². The Kier molecular flexibility index (Phi) is 6.17. The van der Waals surface area contributed by atoms with E-state index < -0.39 is 5.97 Å². The number of pyridine rings is 1. The molecule has 190 valence electrons. The number of fused-ring (bicyclic) bond motifs is 1. The van der Waals surface area contributed by atoms with E-state index in [1.54, 1.807) is 34.9 Å². The van der Waals surface area contributed by atoms with Crippen molar-refractivity contribution in [2.75, 3.05) is 0 Å². The minimum absolute atomic E-state index is 0.0367. The Morgan fingerprint density at radius 1 is 1.05 bits per heavy atom. The fourth-order valence-electron chi connectivity index (χ4n) is 5.18. The van der Waals surface area contributed by atoms with Gasteiger partial charge < -0.3 is 9.67 Å². The number of carboxylic acids is 1. The molecule has 2 aromatic carbocycles. The summed E-state index contributed by atoms with van der Waals surface area (Å²) in [5.74, 6) is -0.878. The first-order valence-electron chi connectivity index (χ1n) is 11.9. The van der Waals surface area contributed by atoms with Crippen LogP contribution in [0.1, 0.15) is 35.7 Å². The average Bonchev–Trinajstić information content (AvgIpc) is 3.64. The van der Waals surface area contributed by atoms with E-state index in [2.05, 4.69) is 20.5 Å². The zero-order valence-electron chi connectivity index (χ0n) is 19.9. The Bertz CT molecular complexity index is 1690. The van der Waals surface area contributed by atoms with Crippen molar-refractivity contribution in [3.05, 3.63) is 98.3 Å². The van der Waals surface area contributed by atoms with Crippen molar-refractivity contribution >= 4 is 40.5 Å². The van der Waals surface area contributed by atoms with E-state index in [1.165, 1.54) is 11.0 Å². The number of hydrogen-bond acceptors (Lipinski definition) is 6. The number of aromatic nitrogens is 5. The molecule has 11 heteroatoms. The molecule has 0 fully saturated rings. The number of nitrogens with zero attached hydrogens (tertiary/aromatic N) is 6. The largest absolute Gasteiger partial charge is 0.481 e. The van der Waals surface area contributed by atoms with E-state index in [0.29, 0.717) is 34.3 Å². The fraction of sp³-hybridized carbons (Fsp3) is 0.185. The Morgan fingerprint density at radius 3 is 2.61 bits per heavy atom. The molecule has 0 spiro atoms. The van der Waals surface area contributed by atoms with Crippen molar-refractivity contribution in [1.82, 2.24) is 24.8 Å². The van der Waals surface area contributed by atoms with Crippen molar-refractivity contribution < 1.29 is 9.90 Å². The summed E-state index contributed by atoms with van der Waals surface area (Å²) in [6, 6.07) is 16.1. The van der Waals surface area contributed by atoms with Crippen LogP contribution in [-0.4, -0.2) is 41.6 Å². The molecule has 0 unspecified atom stereocenters. The highest BCUT2D eigenvalue weighted by atomic mass is 35.5. The summed E-state index contributed by atoms with van der Waals surface area (Å²) >= 11 is 12.8. The Hall–Kier alpha value is -4.08. The number of carboxylic acid groups (broad SMARTS) is 1. The van der Waals surface area contributed by atoms with E-state index >= 15 is 0 Å². The lowest BCUT2D eigenvalue weighted by atomic mass is 9.97. The van der Waals surface area contributed by atoms with Gasteiger partial charge >= 0.3 is 5.97 Å². The summed E-state index contributed by atoms with van der Waals surface area (Å²) in [6.07, 6.45) is 3.43. The first-order chi connectivity index (χ1) is 18.4. The molecule has 1 N–H and O–H groups in total. The van der Waals surface area contributed by atoms with Gasteiger partial charge in [-0.3, -0.25) is 9.59 Å². The summed E-state index contributed by atoms with van der Waals surface area (Å²) in [7, 11) is 0. The predicted molar refractivity (Wildman–Crippen MR) is 144 cm³/mol. The standard InChI is InChI=1S/C27H20Cl2N6O3/c28-18-5-7-23(34-14-30-32-33-34)20(12-18)17-10-19-6-8-24(35(19)25(36)11-17)22-13-21(27(29)31-22)16-3-1-15(2-4-16)9-26(37)38/h1-5,7,10-12,14,24H,6,8-9,13H2,(H,37,38)/t24-/m0/s1. The number of tetrazole rings is 1. The maximum Gasteiger partial charge on any atom is 0.307 e. The molecule has 0 radical (unpaired) electrons. The number of rotatable bonds is 6. The third kappa shape index (κ3) is 4.44. The summed E-state index contributed by atoms with van der Waals surface area (Å²) < 4.78 is 3.34. The number of carbonyl (C=O) groups is 1. The molecule has 0 aliphatic carbocycles. The second-order valence-electron chi connectivity index (χ2n) is 9.23. The Labute approximate surface area is 226 Å². The molecule has 1 atom stereocenters. The van der Waals surface area contributed by atoms with Gasteiger partial charge in [0, 0.05) is 40.1 Å². The van der Waals surface area contributed by atoms with Crippen LogP contribution in [0.5, 0.6) is 0 Å². The predicted octanol–water partition coefficient (Wildman–Crippen LogP) is 4.71. The lowest BCUT2D eigenvalue weighted by Gasteiger charge is -2.17. The van der Waals surface area contributed by atoms with Gasteiger partial charge in [-0.2, -0.15) is 4.68 Å². The highest BCUT2D eigenvalue weighted by Crippen LogP contribution is 2.39. The van der Waals surface area contributed by atoms with Crippen LogP contribution in [0, 0.1) is 0 Å². The highest BCUT2D eigenvalue weighted by molar-refractivity contribution is 6.35. The molecule has 6 rings (SSSR count). The molecule has 2 aromatic heterocycles. The fourth-order valence-corrected chi connectivity index (χ4v) is 5.63. The number of benzene rings is 2. The second-order valence-corrected chi connectivity index (χ2v) is 10.0. The molecule has 0 saturated heterocycles. The summed E-state index contributed by atoms with van der Waals surface area (Å²) in [5, 5.41) is 21.4. The SMILES string of the molecule is O=C(O)Cc1ccc(C2=C(Cl)N=C([C@@H]3CCc4cc(-c5cc(Cl)ccc5-n5cnnn5)cc(=O)n43)C2)cc1. The smallest absolute Gasteiger partial charge is 0.307 e. The summed E-state index contributed by atoms with van der Waals surface area (Å²) in [6.45, 7) is 0. The van der Waals surface area contributed by atoms with Gasteiger partial charge in [-0.15, -0.1) is 5.10 Å². The van der Waals surface area contributed by atoms with Crippen LogP contribution >= 0.6 is 23.2 Å². The Morgan fingerprint density at radius 2 is 1.87 bits per heavy atom. The van der Waals surface area contributed by atoms with Crippen LogP contribution in [0.4, 0.5) is 0 Å². The number of aliphatic imine (C=N–C) groups is 1. The monoisotopic (exact) mass is 546 g/mol. The topological polar surface area (TPSA) is 115 Å². The average molecular weight is 547 g/mol. The zero-order chi connectivity index (χ0) is 26.4. The molecule has 2 aliphatic rings. The van der Waals surface area contributed by atoms with E-state index in [4.69, 9.17) is 28.3 Å². The van der Waals surface area contributed by atoms with Crippen LogP contribution in [0.3, 0.4) is 0 Å². The van der Waals surface area contributed by atoms with Crippen LogP contribution < -0.4 is 5.56 Å². The summed E-state index contributed by atoms with van der Waals surface area (Å²) in [4.78, 5) is 29.1. The summed E-state index contributed by atoms with van der Waals surface area (Å²) in [5.41, 5.74) is 6.29. The van der Waals surface area contributed by atoms with Gasteiger partial charge in [-0.25, -0.2) is 4.99 Å². The van der Waals surface area contributed by atoms with Gasteiger partial charge in [0.05, 0.1) is 18.2 Å². The second kappa shape index (κ2) is 9.66. The van der Waals surface area contributed by atoms with E-state index in [9.17, 15) is 9.59 Å². The number of aliphatic carboxylic acids is 1. The van der Waals surface area contributed by atoms with Gasteiger partial charge in [-0.05, 0) is 64.2 Å². The molecule has 0 bridgehead atoms. The van der Waals surface area contributed by atoms with Crippen molar-refractivity contribution in [3.63, 3.8) is 0 Å². The molecule has 4 heterocycles. The lowest BCUT2D eigenvalue weighted by molar-refractivity contribution is -0.136.